The van der Waals surface area contributed by atoms with Crippen molar-refractivity contribution in [2.75, 3.05) is 6.54 Å². The van der Waals surface area contributed by atoms with Gasteiger partial charge in [-0.15, -0.1) is 0 Å². The van der Waals surface area contributed by atoms with Crippen molar-refractivity contribution in [3.05, 3.63) is 52.2 Å². The third kappa shape index (κ3) is 3.53. The van der Waals surface area contributed by atoms with E-state index < -0.39 is 0 Å². The molecule has 3 aromatic heterocycles. The van der Waals surface area contributed by atoms with E-state index in [0.717, 1.165) is 28.3 Å². The largest absolute Gasteiger partial charge is 0.464 e. The lowest BCUT2D eigenvalue weighted by atomic mass is 10.1. The maximum Gasteiger partial charge on any atom is 0.224 e. The van der Waals surface area contributed by atoms with Gasteiger partial charge < -0.3 is 9.73 Å². The predicted octanol–water partition coefficient (Wildman–Crippen LogP) is 3.18. The number of nitrogens with one attached hydrogen (secondary N) is 1. The highest BCUT2D eigenvalue weighted by Crippen LogP contribution is 2.26. The molecule has 0 saturated carbocycles. The van der Waals surface area contributed by atoms with Gasteiger partial charge in [-0.25, -0.2) is 0 Å². The number of amides is 1. The molecule has 1 amide bonds. The first kappa shape index (κ1) is 15.6. The van der Waals surface area contributed by atoms with Gasteiger partial charge in [0.15, 0.2) is 0 Å². The minimum absolute atomic E-state index is 0.0381. The van der Waals surface area contributed by atoms with Crippen LogP contribution in [0.4, 0.5) is 0 Å². The summed E-state index contributed by atoms with van der Waals surface area (Å²) in [7, 11) is 0. The summed E-state index contributed by atoms with van der Waals surface area (Å²) >= 11 is 1.60. The van der Waals surface area contributed by atoms with Crippen molar-refractivity contribution < 1.29 is 9.21 Å². The molecule has 5 nitrogen and oxygen atoms in total. The summed E-state index contributed by atoms with van der Waals surface area (Å²) in [5.41, 5.74) is 4.06. The smallest absolute Gasteiger partial charge is 0.224 e. The first-order chi connectivity index (χ1) is 11.1. The van der Waals surface area contributed by atoms with Crippen LogP contribution in [0.1, 0.15) is 17.0 Å². The van der Waals surface area contributed by atoms with Crippen LogP contribution in [0.3, 0.4) is 0 Å². The van der Waals surface area contributed by atoms with Crippen LogP contribution in [0, 0.1) is 13.8 Å². The molecule has 3 rings (SSSR count). The molecule has 0 aliphatic rings. The molecule has 0 aliphatic carbocycles. The van der Waals surface area contributed by atoms with Crippen LogP contribution in [0.25, 0.3) is 11.3 Å². The van der Waals surface area contributed by atoms with Gasteiger partial charge in [0.25, 0.3) is 0 Å². The Balaban J connectivity index is 1.59. The molecular formula is C17H19N3O2S. The van der Waals surface area contributed by atoms with E-state index in [2.05, 4.69) is 10.4 Å². The standard InChI is InChI=1S/C17H19N3O2S/c1-12-17(15-4-3-8-22-15)13(2)20(19-12)7-6-18-16(21)10-14-5-9-23-11-14/h3-5,8-9,11H,6-7,10H2,1-2H3,(H,18,21). The third-order valence-corrected chi connectivity index (χ3v) is 4.47. The van der Waals surface area contributed by atoms with Crippen molar-refractivity contribution >= 4 is 17.2 Å². The van der Waals surface area contributed by atoms with E-state index in [1.54, 1.807) is 17.6 Å². The fourth-order valence-corrected chi connectivity index (χ4v) is 3.30. The minimum atomic E-state index is 0.0381. The molecule has 1 N–H and O–H groups in total. The molecule has 23 heavy (non-hydrogen) atoms. The molecule has 3 aromatic rings. The van der Waals surface area contributed by atoms with E-state index in [0.29, 0.717) is 19.5 Å². The van der Waals surface area contributed by atoms with E-state index in [9.17, 15) is 4.79 Å². The Morgan fingerprint density at radius 2 is 2.26 bits per heavy atom. The van der Waals surface area contributed by atoms with E-state index in [-0.39, 0.29) is 5.91 Å². The molecule has 120 valence electrons. The Hall–Kier alpha value is -2.34. The van der Waals surface area contributed by atoms with Crippen molar-refractivity contribution in [1.29, 1.82) is 0 Å². The van der Waals surface area contributed by atoms with Crippen LogP contribution >= 0.6 is 11.3 Å². The predicted molar refractivity (Wildman–Crippen MR) is 90.4 cm³/mol. The topological polar surface area (TPSA) is 60.1 Å². The second-order valence-corrected chi connectivity index (χ2v) is 6.18. The Labute approximate surface area is 138 Å². The van der Waals surface area contributed by atoms with Gasteiger partial charge in [-0.05, 0) is 48.4 Å². The lowest BCUT2D eigenvalue weighted by Crippen LogP contribution is -2.29. The SMILES string of the molecule is Cc1nn(CCNC(=O)Cc2ccsc2)c(C)c1-c1ccco1. The molecule has 6 heteroatoms. The summed E-state index contributed by atoms with van der Waals surface area (Å²) in [5.74, 6) is 0.865. The van der Waals surface area contributed by atoms with Crippen LogP contribution in [0.5, 0.6) is 0 Å². The van der Waals surface area contributed by atoms with Gasteiger partial charge in [-0.2, -0.15) is 16.4 Å². The van der Waals surface area contributed by atoms with Gasteiger partial charge in [-0.1, -0.05) is 0 Å². The Morgan fingerprint density at radius 1 is 1.39 bits per heavy atom. The molecule has 0 aromatic carbocycles. The van der Waals surface area contributed by atoms with Gasteiger partial charge in [0, 0.05) is 12.2 Å². The molecule has 0 fully saturated rings. The molecule has 0 unspecified atom stereocenters. The summed E-state index contributed by atoms with van der Waals surface area (Å²) < 4.78 is 7.39. The van der Waals surface area contributed by atoms with Gasteiger partial charge in [0.1, 0.15) is 5.76 Å². The average molecular weight is 329 g/mol. The number of thiophene rings is 1. The van der Waals surface area contributed by atoms with E-state index >= 15 is 0 Å². The van der Waals surface area contributed by atoms with Crippen molar-refractivity contribution in [3.63, 3.8) is 0 Å². The zero-order valence-electron chi connectivity index (χ0n) is 13.2. The van der Waals surface area contributed by atoms with Crippen LogP contribution < -0.4 is 5.32 Å². The quantitative estimate of drug-likeness (QED) is 0.755. The fraction of sp³-hybridized carbons (Fsp3) is 0.294. The Kier molecular flexibility index (Phi) is 4.62. The zero-order valence-corrected chi connectivity index (χ0v) is 14.0. The molecule has 0 aliphatic heterocycles. The monoisotopic (exact) mass is 329 g/mol. The Bertz CT molecular complexity index is 773. The average Bonchev–Trinajstić information content (AvgIpc) is 3.23. The lowest BCUT2D eigenvalue weighted by Gasteiger charge is -2.07. The normalized spacial score (nSPS) is 10.9. The number of aromatic nitrogens is 2. The molecule has 0 atom stereocenters. The first-order valence-electron chi connectivity index (χ1n) is 7.51. The number of furan rings is 1. The van der Waals surface area contributed by atoms with Gasteiger partial charge >= 0.3 is 0 Å². The number of aryl methyl sites for hydroxylation is 1. The number of carbonyl (C=O) groups is 1. The molecule has 0 saturated heterocycles. The number of nitrogens with zero attached hydrogens (tertiary/aromatic N) is 2. The maximum atomic E-state index is 11.9. The minimum Gasteiger partial charge on any atom is -0.464 e. The molecule has 3 heterocycles. The van der Waals surface area contributed by atoms with Crippen molar-refractivity contribution in [3.8, 4) is 11.3 Å². The van der Waals surface area contributed by atoms with Gasteiger partial charge in [0.05, 0.1) is 30.5 Å². The van der Waals surface area contributed by atoms with Crippen LogP contribution in [-0.4, -0.2) is 22.2 Å². The first-order valence-corrected chi connectivity index (χ1v) is 8.45. The van der Waals surface area contributed by atoms with Crippen molar-refractivity contribution in [1.82, 2.24) is 15.1 Å². The Morgan fingerprint density at radius 3 is 2.96 bits per heavy atom. The van der Waals surface area contributed by atoms with Crippen LogP contribution in [0.15, 0.2) is 39.6 Å². The highest BCUT2D eigenvalue weighted by molar-refractivity contribution is 7.07. The van der Waals surface area contributed by atoms with Crippen LogP contribution in [-0.2, 0) is 17.8 Å². The van der Waals surface area contributed by atoms with E-state index in [1.807, 2.05) is 47.5 Å². The summed E-state index contributed by atoms with van der Waals surface area (Å²) in [6.07, 6.45) is 2.09. The summed E-state index contributed by atoms with van der Waals surface area (Å²) in [6, 6.07) is 5.78. The number of rotatable bonds is 6. The summed E-state index contributed by atoms with van der Waals surface area (Å²) in [6.45, 7) is 5.19. The van der Waals surface area contributed by atoms with Crippen molar-refractivity contribution in [2.24, 2.45) is 0 Å². The molecule has 0 radical (unpaired) electrons. The molecular weight excluding hydrogens is 310 g/mol. The third-order valence-electron chi connectivity index (χ3n) is 3.74. The second-order valence-electron chi connectivity index (χ2n) is 5.40. The van der Waals surface area contributed by atoms with Crippen molar-refractivity contribution in [2.45, 2.75) is 26.8 Å². The van der Waals surface area contributed by atoms with Crippen LogP contribution in [0.2, 0.25) is 0 Å². The zero-order chi connectivity index (χ0) is 16.2. The number of carbonyl (C=O) groups excluding carboxylic acids is 1. The van der Waals surface area contributed by atoms with Gasteiger partial charge in [-0.3, -0.25) is 9.48 Å². The number of hydrogen-bond donors (Lipinski definition) is 1. The van der Waals surface area contributed by atoms with E-state index in [1.165, 1.54) is 0 Å². The maximum absolute atomic E-state index is 11.9. The number of hydrogen-bond acceptors (Lipinski definition) is 4. The molecule has 0 spiro atoms. The van der Waals surface area contributed by atoms with E-state index in [4.69, 9.17) is 4.42 Å². The van der Waals surface area contributed by atoms with Gasteiger partial charge in [0.2, 0.25) is 5.91 Å². The fourth-order valence-electron chi connectivity index (χ4n) is 2.63. The summed E-state index contributed by atoms with van der Waals surface area (Å²) in [5, 5.41) is 11.5. The highest BCUT2D eigenvalue weighted by atomic mass is 32.1. The highest BCUT2D eigenvalue weighted by Gasteiger charge is 2.15. The lowest BCUT2D eigenvalue weighted by molar-refractivity contribution is -0.120. The summed E-state index contributed by atoms with van der Waals surface area (Å²) in [4.78, 5) is 11.9. The second kappa shape index (κ2) is 6.83. The molecule has 0 bridgehead atoms.